The van der Waals surface area contributed by atoms with E-state index in [9.17, 15) is 38.2 Å². The fourth-order valence-corrected chi connectivity index (χ4v) is 2.61. The molecule has 15 heteroatoms. The van der Waals surface area contributed by atoms with E-state index < -0.39 is 23.5 Å². The van der Waals surface area contributed by atoms with Crippen LogP contribution in [-0.2, 0) is 22.3 Å². The van der Waals surface area contributed by atoms with Gasteiger partial charge in [-0.3, -0.25) is 13.2 Å². The Balaban J connectivity index is -0.000000720. The summed E-state index contributed by atoms with van der Waals surface area (Å²) in [5.41, 5.74) is 0. The summed E-state index contributed by atoms with van der Waals surface area (Å²) in [4.78, 5) is 48.6. The van der Waals surface area contributed by atoms with Crippen LogP contribution in [0.5, 0.6) is 0 Å². The zero-order valence-electron chi connectivity index (χ0n) is 6.71. The Morgan fingerprint density at radius 1 is 0.733 bits per heavy atom. The van der Waals surface area contributed by atoms with Crippen molar-refractivity contribution in [2.24, 2.45) is 0 Å². The smallest absolute Gasteiger partial charge is 0.790 e. The quantitative estimate of drug-likeness (QED) is 0.295. The number of hydrogen-bond acceptors (Lipinski definition) is 10. The van der Waals surface area contributed by atoms with Crippen molar-refractivity contribution in [3.63, 3.8) is 0 Å². The van der Waals surface area contributed by atoms with Crippen molar-refractivity contribution in [3.8, 4) is 0 Å². The molecule has 0 amide bonds. The third-order valence-corrected chi connectivity index (χ3v) is 3.60. The number of hydrogen-bond donors (Lipinski definition) is 0. The molecule has 0 rings (SSSR count). The van der Waals surface area contributed by atoms with Gasteiger partial charge in [0, 0.05) is 0 Å². The largest absolute Gasteiger partial charge is 3.00 e. The van der Waals surface area contributed by atoms with E-state index in [4.69, 9.17) is 0 Å². The van der Waals surface area contributed by atoms with Gasteiger partial charge in [0.05, 0.1) is 15.6 Å². The summed E-state index contributed by atoms with van der Waals surface area (Å²) in [6.07, 6.45) is 0. The minimum atomic E-state index is -5.97. The molecule has 0 saturated heterocycles. The standard InChI is InChI=1S/In.H5O10P3.Sr/c;1-11(2,3)9-13(7,8)10-12(4,5)6;/h;(H,7,8)(H2,1,2,3)(H2,4,5,6);/q+3;;+2/p-5. The maximum Gasteiger partial charge on any atom is 3.00 e. The molecular weight excluding hydrogens is 455 g/mol. The summed E-state index contributed by atoms with van der Waals surface area (Å²) in [7, 11) is -17.9. The van der Waals surface area contributed by atoms with Crippen LogP contribution in [0.3, 0.4) is 0 Å². The average Bonchev–Trinajstić information content (AvgIpc) is 1.43. The van der Waals surface area contributed by atoms with Gasteiger partial charge in [-0.15, -0.1) is 0 Å². The minimum Gasteiger partial charge on any atom is -0.790 e. The summed E-state index contributed by atoms with van der Waals surface area (Å²) >= 11 is 0. The first kappa shape index (κ1) is 22.9. The Hall–Kier alpha value is 2.76. The molecule has 80 valence electrons. The molecule has 10 nitrogen and oxygen atoms in total. The number of rotatable bonds is 4. The van der Waals surface area contributed by atoms with Gasteiger partial charge in [0.15, 0.2) is 0 Å². The molecule has 0 heterocycles. The third kappa shape index (κ3) is 16.8. The third-order valence-electron chi connectivity index (χ3n) is 0.400. The first-order valence-corrected chi connectivity index (χ1v) is 6.57. The Kier molecular flexibility index (Phi) is 12.3. The molecule has 0 aromatic rings. The van der Waals surface area contributed by atoms with Crippen LogP contribution in [0.1, 0.15) is 0 Å². The zero-order valence-corrected chi connectivity index (χ0v) is 16.2. The molecule has 0 N–H and O–H groups in total. The summed E-state index contributed by atoms with van der Waals surface area (Å²) in [5.74, 6) is 0. The summed E-state index contributed by atoms with van der Waals surface area (Å²) in [6.45, 7) is 0. The fourth-order valence-electron chi connectivity index (χ4n) is 0.260. The van der Waals surface area contributed by atoms with E-state index in [1.54, 1.807) is 0 Å². The molecule has 0 aliphatic carbocycles. The van der Waals surface area contributed by atoms with Gasteiger partial charge in [-0.05, 0) is 0 Å². The molecule has 0 aromatic heterocycles. The van der Waals surface area contributed by atoms with Gasteiger partial charge in [0.2, 0.25) is 0 Å². The molecule has 0 radical (unpaired) electrons. The van der Waals surface area contributed by atoms with Gasteiger partial charge in [-0.25, -0.2) is 0 Å². The molecule has 0 aliphatic heterocycles. The van der Waals surface area contributed by atoms with Gasteiger partial charge in [-0.1, -0.05) is 0 Å². The molecule has 15 heavy (non-hydrogen) atoms. The van der Waals surface area contributed by atoms with E-state index in [2.05, 4.69) is 8.62 Å². The first-order chi connectivity index (χ1) is 5.41. The average molecular weight is 455 g/mol. The minimum absolute atomic E-state index is 0. The summed E-state index contributed by atoms with van der Waals surface area (Å²) in [6, 6.07) is 0. The molecule has 0 aliphatic rings. The Bertz CT molecular complexity index is 283. The molecule has 0 bridgehead atoms. The normalized spacial score (nSPS) is 12.6. The van der Waals surface area contributed by atoms with Gasteiger partial charge < -0.3 is 33.6 Å². The van der Waals surface area contributed by atoms with Crippen LogP contribution in [0.2, 0.25) is 0 Å². The first-order valence-electron chi connectivity index (χ1n) is 2.19. The predicted molar refractivity (Wildman–Crippen MR) is 36.5 cm³/mol. The molecule has 0 spiro atoms. The van der Waals surface area contributed by atoms with Crippen molar-refractivity contribution in [2.75, 3.05) is 0 Å². The fraction of sp³-hybridized carbons (Fsp3) is 0. The van der Waals surface area contributed by atoms with Gasteiger partial charge in [0.25, 0.3) is 7.82 Å². The second-order valence-corrected chi connectivity index (χ2v) is 5.49. The van der Waals surface area contributed by atoms with Crippen LogP contribution in [0.4, 0.5) is 0 Å². The predicted octanol–water partition coefficient (Wildman–Crippen LogP) is -4.62. The maximum atomic E-state index is 10.1. The van der Waals surface area contributed by atoms with Crippen molar-refractivity contribution in [1.29, 1.82) is 0 Å². The van der Waals surface area contributed by atoms with E-state index in [-0.39, 0.29) is 71.3 Å². The maximum absolute atomic E-state index is 10.1. The van der Waals surface area contributed by atoms with Crippen LogP contribution in [0.15, 0.2) is 0 Å². The van der Waals surface area contributed by atoms with Crippen LogP contribution in [-0.4, -0.2) is 71.3 Å². The monoisotopic (exact) mass is 456 g/mol. The number of phosphoric acid groups is 3. The van der Waals surface area contributed by atoms with Crippen LogP contribution < -0.4 is 24.5 Å². The van der Waals surface area contributed by atoms with E-state index in [1.807, 2.05) is 0 Å². The Morgan fingerprint density at radius 3 is 1.07 bits per heavy atom. The van der Waals surface area contributed by atoms with E-state index in [1.165, 1.54) is 0 Å². The molecule has 0 fully saturated rings. The van der Waals surface area contributed by atoms with E-state index in [0.717, 1.165) is 0 Å². The molecular formula is InO10P3Sr. The zero-order chi connectivity index (χ0) is 10.9. The van der Waals surface area contributed by atoms with Crippen molar-refractivity contribution in [1.82, 2.24) is 0 Å². The molecule has 0 atom stereocenters. The van der Waals surface area contributed by atoms with Crippen LogP contribution >= 0.6 is 23.5 Å². The summed E-state index contributed by atoms with van der Waals surface area (Å²) in [5, 5.41) is 0. The van der Waals surface area contributed by atoms with Crippen molar-refractivity contribution >= 4 is 94.8 Å². The van der Waals surface area contributed by atoms with Crippen molar-refractivity contribution < 1.29 is 46.8 Å². The van der Waals surface area contributed by atoms with Gasteiger partial charge in [-0.2, -0.15) is 0 Å². The Morgan fingerprint density at radius 2 is 0.933 bits per heavy atom. The topological polar surface area (TPSA) is 185 Å². The second-order valence-electron chi connectivity index (χ2n) is 1.50. The summed E-state index contributed by atoms with van der Waals surface area (Å²) < 4.78 is 34.7. The SMILES string of the molecule is O=P([O-])([O-])OP(=O)([O-])OP(=O)([O-])[O-].[In+3].[Sr+2]. The van der Waals surface area contributed by atoms with E-state index in [0.29, 0.717) is 0 Å². The molecule has 0 unspecified atom stereocenters. The van der Waals surface area contributed by atoms with Crippen LogP contribution in [0, 0.1) is 0 Å². The van der Waals surface area contributed by atoms with Gasteiger partial charge in [0.1, 0.15) is 0 Å². The van der Waals surface area contributed by atoms with Crippen molar-refractivity contribution in [2.45, 2.75) is 0 Å². The molecule has 0 saturated carbocycles. The van der Waals surface area contributed by atoms with E-state index >= 15 is 0 Å². The van der Waals surface area contributed by atoms with Crippen molar-refractivity contribution in [3.05, 3.63) is 0 Å². The Labute approximate surface area is 140 Å². The molecule has 0 aromatic carbocycles. The van der Waals surface area contributed by atoms with Gasteiger partial charge >= 0.3 is 71.3 Å². The second kappa shape index (κ2) is 8.04. The van der Waals surface area contributed by atoms with Crippen LogP contribution in [0.25, 0.3) is 0 Å².